The molecule has 0 aliphatic heterocycles. The van der Waals surface area contributed by atoms with E-state index in [1.54, 1.807) is 36.2 Å². The molecule has 0 aliphatic rings. The standard InChI is InChI=1S/C22H26N6O2/c1-15-8-9-18(14-20(15)24-21(29)19-7-5-10-23-25-19)22(30)27(4)11-6-12-28-17(3)13-16(2)26-28/h5,7-10,13-14H,6,11-12H2,1-4H3,(H,24,29). The van der Waals surface area contributed by atoms with Crippen molar-refractivity contribution < 1.29 is 9.59 Å². The second-order valence-corrected chi connectivity index (χ2v) is 7.32. The molecule has 8 nitrogen and oxygen atoms in total. The number of anilines is 1. The quantitative estimate of drug-likeness (QED) is 0.651. The maximum atomic E-state index is 12.8. The Morgan fingerprint density at radius 2 is 1.93 bits per heavy atom. The highest BCUT2D eigenvalue weighted by molar-refractivity contribution is 6.04. The summed E-state index contributed by atoms with van der Waals surface area (Å²) in [5.41, 5.74) is 4.28. The first-order valence-corrected chi connectivity index (χ1v) is 9.81. The predicted octanol–water partition coefficient (Wildman–Crippen LogP) is 3.01. The van der Waals surface area contributed by atoms with Gasteiger partial charge in [0.2, 0.25) is 0 Å². The number of rotatable bonds is 7. The molecular weight excluding hydrogens is 380 g/mol. The normalized spacial score (nSPS) is 10.7. The second-order valence-electron chi connectivity index (χ2n) is 7.32. The molecule has 2 aromatic heterocycles. The first-order chi connectivity index (χ1) is 14.3. The minimum absolute atomic E-state index is 0.0987. The number of hydrogen-bond acceptors (Lipinski definition) is 5. The van der Waals surface area contributed by atoms with E-state index in [0.717, 1.165) is 29.9 Å². The van der Waals surface area contributed by atoms with Gasteiger partial charge in [-0.25, -0.2) is 0 Å². The lowest BCUT2D eigenvalue weighted by molar-refractivity contribution is 0.0791. The Morgan fingerprint density at radius 1 is 1.13 bits per heavy atom. The van der Waals surface area contributed by atoms with Gasteiger partial charge < -0.3 is 10.2 Å². The summed E-state index contributed by atoms with van der Waals surface area (Å²) in [6, 6.07) is 10.6. The molecule has 2 heterocycles. The molecule has 2 amide bonds. The highest BCUT2D eigenvalue weighted by atomic mass is 16.2. The van der Waals surface area contributed by atoms with E-state index >= 15 is 0 Å². The fourth-order valence-electron chi connectivity index (χ4n) is 3.18. The van der Waals surface area contributed by atoms with Crippen molar-refractivity contribution in [3.8, 4) is 0 Å². The lowest BCUT2D eigenvalue weighted by atomic mass is 10.1. The average Bonchev–Trinajstić information content (AvgIpc) is 3.06. The zero-order valence-electron chi connectivity index (χ0n) is 17.7. The van der Waals surface area contributed by atoms with E-state index in [4.69, 9.17) is 0 Å². The van der Waals surface area contributed by atoms with E-state index < -0.39 is 0 Å². The van der Waals surface area contributed by atoms with Crippen molar-refractivity contribution in [1.82, 2.24) is 24.9 Å². The minimum atomic E-state index is -0.367. The predicted molar refractivity (Wildman–Crippen MR) is 114 cm³/mol. The molecule has 3 aromatic rings. The van der Waals surface area contributed by atoms with Crippen LogP contribution in [0.2, 0.25) is 0 Å². The van der Waals surface area contributed by atoms with Crippen LogP contribution in [-0.4, -0.2) is 50.3 Å². The molecular formula is C22H26N6O2. The van der Waals surface area contributed by atoms with Gasteiger partial charge in [0.1, 0.15) is 0 Å². The Kier molecular flexibility index (Phi) is 6.56. The minimum Gasteiger partial charge on any atom is -0.342 e. The highest BCUT2D eigenvalue weighted by Gasteiger charge is 2.15. The molecule has 0 unspecified atom stereocenters. The number of hydrogen-bond donors (Lipinski definition) is 1. The van der Waals surface area contributed by atoms with Crippen molar-refractivity contribution >= 4 is 17.5 Å². The third-order valence-corrected chi connectivity index (χ3v) is 4.85. The smallest absolute Gasteiger partial charge is 0.276 e. The van der Waals surface area contributed by atoms with Crippen LogP contribution in [0.5, 0.6) is 0 Å². The summed E-state index contributed by atoms with van der Waals surface area (Å²) in [5, 5.41) is 14.8. The summed E-state index contributed by atoms with van der Waals surface area (Å²) in [6.45, 7) is 7.23. The number of aryl methyl sites for hydroxylation is 4. The summed E-state index contributed by atoms with van der Waals surface area (Å²) in [4.78, 5) is 26.9. The molecule has 30 heavy (non-hydrogen) atoms. The van der Waals surface area contributed by atoms with Gasteiger partial charge in [-0.3, -0.25) is 14.3 Å². The molecule has 0 spiro atoms. The Bertz CT molecular complexity index is 1050. The van der Waals surface area contributed by atoms with Gasteiger partial charge in [0.15, 0.2) is 5.69 Å². The first-order valence-electron chi connectivity index (χ1n) is 9.81. The van der Waals surface area contributed by atoms with Gasteiger partial charge in [0.25, 0.3) is 11.8 Å². The third kappa shape index (κ3) is 5.08. The van der Waals surface area contributed by atoms with E-state index in [0.29, 0.717) is 17.8 Å². The van der Waals surface area contributed by atoms with Crippen LogP contribution in [-0.2, 0) is 6.54 Å². The van der Waals surface area contributed by atoms with Gasteiger partial charge in [-0.15, -0.1) is 5.10 Å². The number of carbonyl (C=O) groups is 2. The Morgan fingerprint density at radius 3 is 2.60 bits per heavy atom. The van der Waals surface area contributed by atoms with Crippen molar-refractivity contribution in [2.45, 2.75) is 33.7 Å². The molecule has 0 atom stereocenters. The summed E-state index contributed by atoms with van der Waals surface area (Å²) in [6.07, 6.45) is 2.30. The molecule has 3 rings (SSSR count). The van der Waals surface area contributed by atoms with Crippen molar-refractivity contribution in [3.63, 3.8) is 0 Å². The number of amides is 2. The maximum absolute atomic E-state index is 12.8. The SMILES string of the molecule is Cc1cc(C)n(CCCN(C)C(=O)c2ccc(C)c(NC(=O)c3cccnn3)c2)n1. The molecule has 0 aliphatic carbocycles. The summed E-state index contributed by atoms with van der Waals surface area (Å²) in [5.74, 6) is -0.465. The van der Waals surface area contributed by atoms with Crippen LogP contribution >= 0.6 is 0 Å². The maximum Gasteiger partial charge on any atom is 0.276 e. The molecule has 0 fully saturated rings. The molecule has 8 heteroatoms. The van der Waals surface area contributed by atoms with E-state index in [2.05, 4.69) is 20.6 Å². The van der Waals surface area contributed by atoms with Gasteiger partial charge in [-0.05, 0) is 63.1 Å². The van der Waals surface area contributed by atoms with Gasteiger partial charge in [-0.2, -0.15) is 10.2 Å². The first kappa shape index (κ1) is 21.2. The fraction of sp³-hybridized carbons (Fsp3) is 0.318. The van der Waals surface area contributed by atoms with E-state index in [-0.39, 0.29) is 17.5 Å². The zero-order valence-corrected chi connectivity index (χ0v) is 17.7. The van der Waals surface area contributed by atoms with Gasteiger partial charge in [0.05, 0.1) is 5.69 Å². The topological polar surface area (TPSA) is 93.0 Å². The van der Waals surface area contributed by atoms with Crippen LogP contribution in [0.25, 0.3) is 0 Å². The van der Waals surface area contributed by atoms with Crippen LogP contribution in [0.15, 0.2) is 42.6 Å². The number of aromatic nitrogens is 4. The van der Waals surface area contributed by atoms with Gasteiger partial charge in [0, 0.05) is 43.3 Å². The molecule has 0 radical (unpaired) electrons. The van der Waals surface area contributed by atoms with Gasteiger partial charge in [-0.1, -0.05) is 6.07 Å². The van der Waals surface area contributed by atoms with Crippen LogP contribution in [0.3, 0.4) is 0 Å². The van der Waals surface area contributed by atoms with Crippen molar-refractivity contribution in [2.75, 3.05) is 18.9 Å². The van der Waals surface area contributed by atoms with Crippen LogP contribution < -0.4 is 5.32 Å². The monoisotopic (exact) mass is 406 g/mol. The fourth-order valence-corrected chi connectivity index (χ4v) is 3.18. The summed E-state index contributed by atoms with van der Waals surface area (Å²) < 4.78 is 1.96. The van der Waals surface area contributed by atoms with Gasteiger partial charge >= 0.3 is 0 Å². The Hall–Kier alpha value is -3.55. The third-order valence-electron chi connectivity index (χ3n) is 4.85. The van der Waals surface area contributed by atoms with Crippen LogP contribution in [0.1, 0.15) is 44.2 Å². The van der Waals surface area contributed by atoms with E-state index in [9.17, 15) is 9.59 Å². The van der Waals surface area contributed by atoms with Crippen molar-refractivity contribution in [2.24, 2.45) is 0 Å². The Labute approximate surface area is 175 Å². The second kappa shape index (κ2) is 9.30. The molecule has 1 N–H and O–H groups in total. The zero-order chi connectivity index (χ0) is 21.7. The Balaban J connectivity index is 1.63. The number of nitrogens with zero attached hydrogens (tertiary/aromatic N) is 5. The van der Waals surface area contributed by atoms with Crippen LogP contribution in [0.4, 0.5) is 5.69 Å². The number of benzene rings is 1. The summed E-state index contributed by atoms with van der Waals surface area (Å²) >= 11 is 0. The average molecular weight is 406 g/mol. The molecule has 0 saturated heterocycles. The largest absolute Gasteiger partial charge is 0.342 e. The van der Waals surface area contributed by atoms with Crippen molar-refractivity contribution in [3.05, 3.63) is 70.8 Å². The van der Waals surface area contributed by atoms with E-state index in [1.807, 2.05) is 37.6 Å². The van der Waals surface area contributed by atoms with Crippen LogP contribution in [0, 0.1) is 20.8 Å². The molecule has 1 aromatic carbocycles. The van der Waals surface area contributed by atoms with Crippen molar-refractivity contribution in [1.29, 1.82) is 0 Å². The lowest BCUT2D eigenvalue weighted by Crippen LogP contribution is -2.28. The summed E-state index contributed by atoms with van der Waals surface area (Å²) in [7, 11) is 1.78. The molecule has 0 bridgehead atoms. The molecule has 156 valence electrons. The number of carbonyl (C=O) groups excluding carboxylic acids is 2. The molecule has 0 saturated carbocycles. The number of nitrogens with one attached hydrogen (secondary N) is 1. The lowest BCUT2D eigenvalue weighted by Gasteiger charge is -2.18. The van der Waals surface area contributed by atoms with E-state index in [1.165, 1.54) is 6.20 Å². The highest BCUT2D eigenvalue weighted by Crippen LogP contribution is 2.19.